The molecule has 0 atom stereocenters. The average molecular weight is 420 g/mol. The molecule has 0 bridgehead atoms. The maximum Gasteiger partial charge on any atom is 0.267 e. The van der Waals surface area contributed by atoms with Crippen LogP contribution in [0.4, 0.5) is 22.7 Å². The number of phenolic OH excluding ortho intramolecular Hbond substituents is 1. The van der Waals surface area contributed by atoms with E-state index in [1.54, 1.807) is 36.4 Å². The number of carbonyl (C=O) groups excluding carboxylic acids is 1. The summed E-state index contributed by atoms with van der Waals surface area (Å²) in [7, 11) is 0. The lowest BCUT2D eigenvalue weighted by Gasteiger charge is -2.10. The van der Waals surface area contributed by atoms with Crippen molar-refractivity contribution in [3.63, 3.8) is 0 Å². The lowest BCUT2D eigenvalue weighted by molar-refractivity contribution is -0.112. The molecule has 156 valence electrons. The van der Waals surface area contributed by atoms with Crippen LogP contribution in [0.5, 0.6) is 5.75 Å². The summed E-state index contributed by atoms with van der Waals surface area (Å²) in [6, 6.07) is 29.5. The second-order valence-corrected chi connectivity index (χ2v) is 7.01. The van der Waals surface area contributed by atoms with Gasteiger partial charge in [-0.3, -0.25) is 4.79 Å². The summed E-state index contributed by atoms with van der Waals surface area (Å²) in [5, 5.41) is 29.8. The van der Waals surface area contributed by atoms with Gasteiger partial charge >= 0.3 is 0 Å². The summed E-state index contributed by atoms with van der Waals surface area (Å²) in [5.74, 6) is -0.417. The van der Waals surface area contributed by atoms with Crippen molar-refractivity contribution in [2.45, 2.75) is 0 Å². The standard InChI is InChI=1S/C26H20N4O2/c27-16-18(26(32)30-24-10-4-9-23-22(24)8-5-11-25(23)31)17-28-19-12-14-21(15-13-19)29-20-6-2-1-3-7-20/h1-15,17,28-29,31H,(H,30,32)/b18-17-. The summed E-state index contributed by atoms with van der Waals surface area (Å²) in [6.45, 7) is 0. The van der Waals surface area contributed by atoms with E-state index in [1.807, 2.05) is 60.7 Å². The third kappa shape index (κ3) is 4.69. The topological polar surface area (TPSA) is 97.2 Å². The summed E-state index contributed by atoms with van der Waals surface area (Å²) in [5.41, 5.74) is 3.08. The molecule has 0 saturated carbocycles. The molecule has 32 heavy (non-hydrogen) atoms. The van der Waals surface area contributed by atoms with Gasteiger partial charge in [-0.05, 0) is 48.5 Å². The minimum atomic E-state index is -0.543. The Balaban J connectivity index is 1.45. The first kappa shape index (κ1) is 20.5. The molecule has 0 radical (unpaired) electrons. The molecule has 0 unspecified atom stereocenters. The van der Waals surface area contributed by atoms with Crippen molar-refractivity contribution in [3.05, 3.63) is 103 Å². The molecule has 0 aromatic heterocycles. The molecule has 6 nitrogen and oxygen atoms in total. The van der Waals surface area contributed by atoms with Gasteiger partial charge in [0.2, 0.25) is 0 Å². The molecule has 0 fully saturated rings. The van der Waals surface area contributed by atoms with Crippen LogP contribution in [-0.2, 0) is 4.79 Å². The third-order valence-corrected chi connectivity index (χ3v) is 4.84. The highest BCUT2D eigenvalue weighted by Gasteiger charge is 2.12. The SMILES string of the molecule is N#C/C(=C/Nc1ccc(Nc2ccccc2)cc1)C(=O)Nc1cccc2c(O)cccc12. The van der Waals surface area contributed by atoms with E-state index in [-0.39, 0.29) is 11.3 Å². The first-order chi connectivity index (χ1) is 15.6. The fourth-order valence-corrected chi connectivity index (χ4v) is 3.23. The Kier molecular flexibility index (Phi) is 6.01. The van der Waals surface area contributed by atoms with E-state index >= 15 is 0 Å². The number of aromatic hydroxyl groups is 1. The minimum Gasteiger partial charge on any atom is -0.507 e. The van der Waals surface area contributed by atoms with Gasteiger partial charge in [-0.25, -0.2) is 0 Å². The van der Waals surface area contributed by atoms with Gasteiger partial charge in [-0.1, -0.05) is 42.5 Å². The number of para-hydroxylation sites is 1. The number of phenols is 1. The molecule has 6 heteroatoms. The summed E-state index contributed by atoms with van der Waals surface area (Å²) in [4.78, 5) is 12.6. The third-order valence-electron chi connectivity index (χ3n) is 4.84. The number of nitriles is 1. The average Bonchev–Trinajstić information content (AvgIpc) is 2.82. The quantitative estimate of drug-likeness (QED) is 0.235. The summed E-state index contributed by atoms with van der Waals surface area (Å²) < 4.78 is 0. The van der Waals surface area contributed by atoms with E-state index in [4.69, 9.17) is 0 Å². The Morgan fingerprint density at radius 1 is 0.781 bits per heavy atom. The highest BCUT2D eigenvalue weighted by Crippen LogP contribution is 2.30. The van der Waals surface area contributed by atoms with Crippen LogP contribution in [-0.4, -0.2) is 11.0 Å². The van der Waals surface area contributed by atoms with E-state index in [0.717, 1.165) is 17.1 Å². The van der Waals surface area contributed by atoms with Gasteiger partial charge < -0.3 is 21.1 Å². The van der Waals surface area contributed by atoms with Gasteiger partial charge in [0.15, 0.2) is 0 Å². The molecule has 0 saturated heterocycles. The van der Waals surface area contributed by atoms with E-state index in [1.165, 1.54) is 6.20 Å². The smallest absolute Gasteiger partial charge is 0.267 e. The van der Waals surface area contributed by atoms with Crippen molar-refractivity contribution < 1.29 is 9.90 Å². The number of nitrogens with one attached hydrogen (secondary N) is 3. The summed E-state index contributed by atoms with van der Waals surface area (Å²) >= 11 is 0. The molecule has 4 aromatic carbocycles. The number of hydrogen-bond donors (Lipinski definition) is 4. The van der Waals surface area contributed by atoms with Crippen molar-refractivity contribution in [1.29, 1.82) is 5.26 Å². The van der Waals surface area contributed by atoms with E-state index < -0.39 is 5.91 Å². The zero-order valence-corrected chi connectivity index (χ0v) is 17.0. The number of amides is 1. The van der Waals surface area contributed by atoms with E-state index in [2.05, 4.69) is 16.0 Å². The number of anilines is 4. The summed E-state index contributed by atoms with van der Waals surface area (Å²) in [6.07, 6.45) is 1.37. The monoisotopic (exact) mass is 420 g/mol. The molecule has 1 amide bonds. The number of carbonyl (C=O) groups is 1. The van der Waals surface area contributed by atoms with Gasteiger partial charge in [-0.15, -0.1) is 0 Å². The van der Waals surface area contributed by atoms with Crippen molar-refractivity contribution in [1.82, 2.24) is 0 Å². The molecule has 0 heterocycles. The van der Waals surface area contributed by atoms with Crippen LogP contribution in [0.15, 0.2) is 103 Å². The van der Waals surface area contributed by atoms with Crippen LogP contribution in [0.25, 0.3) is 10.8 Å². The number of fused-ring (bicyclic) bond motifs is 1. The lowest BCUT2D eigenvalue weighted by Crippen LogP contribution is -2.14. The minimum absolute atomic E-state index is 0.0753. The molecule has 4 aromatic rings. The van der Waals surface area contributed by atoms with Crippen LogP contribution in [0.2, 0.25) is 0 Å². The maximum atomic E-state index is 12.6. The Morgan fingerprint density at radius 3 is 2.19 bits per heavy atom. The largest absolute Gasteiger partial charge is 0.507 e. The predicted octanol–water partition coefficient (Wildman–Crippen LogP) is 5.75. The van der Waals surface area contributed by atoms with Crippen LogP contribution in [0, 0.1) is 11.3 Å². The number of hydrogen-bond acceptors (Lipinski definition) is 5. The van der Waals surface area contributed by atoms with Gasteiger partial charge in [0.05, 0.1) is 0 Å². The zero-order chi connectivity index (χ0) is 22.3. The highest BCUT2D eigenvalue weighted by molar-refractivity contribution is 6.11. The van der Waals surface area contributed by atoms with Crippen LogP contribution >= 0.6 is 0 Å². The fourth-order valence-electron chi connectivity index (χ4n) is 3.23. The predicted molar refractivity (Wildman–Crippen MR) is 128 cm³/mol. The fraction of sp³-hybridized carbons (Fsp3) is 0. The van der Waals surface area contributed by atoms with Crippen molar-refractivity contribution >= 4 is 39.4 Å². The molecule has 4 N–H and O–H groups in total. The first-order valence-corrected chi connectivity index (χ1v) is 9.95. The zero-order valence-electron chi connectivity index (χ0n) is 17.0. The van der Waals surface area contributed by atoms with Crippen molar-refractivity contribution in [3.8, 4) is 11.8 Å². The molecule has 0 aliphatic rings. The number of nitrogens with zero attached hydrogens (tertiary/aromatic N) is 1. The molecule has 0 aliphatic heterocycles. The lowest BCUT2D eigenvalue weighted by atomic mass is 10.1. The molecule has 0 spiro atoms. The van der Waals surface area contributed by atoms with Gasteiger partial charge in [-0.2, -0.15) is 5.26 Å². The number of rotatable bonds is 6. The molecular formula is C26H20N4O2. The molecule has 4 rings (SSSR count). The van der Waals surface area contributed by atoms with Crippen molar-refractivity contribution in [2.75, 3.05) is 16.0 Å². The van der Waals surface area contributed by atoms with E-state index in [9.17, 15) is 15.2 Å². The van der Waals surface area contributed by atoms with E-state index in [0.29, 0.717) is 16.5 Å². The molecule has 0 aliphatic carbocycles. The van der Waals surface area contributed by atoms with Gasteiger partial charge in [0.25, 0.3) is 5.91 Å². The Labute approximate surface area is 185 Å². The Morgan fingerprint density at radius 2 is 1.44 bits per heavy atom. The maximum absolute atomic E-state index is 12.6. The number of benzene rings is 4. The van der Waals surface area contributed by atoms with Crippen molar-refractivity contribution in [2.24, 2.45) is 0 Å². The Bertz CT molecular complexity index is 1320. The second kappa shape index (κ2) is 9.37. The van der Waals surface area contributed by atoms with Crippen LogP contribution < -0.4 is 16.0 Å². The van der Waals surface area contributed by atoms with Gasteiger partial charge in [0, 0.05) is 39.7 Å². The second-order valence-electron chi connectivity index (χ2n) is 7.01. The van der Waals surface area contributed by atoms with Crippen LogP contribution in [0.3, 0.4) is 0 Å². The molecular weight excluding hydrogens is 400 g/mol. The van der Waals surface area contributed by atoms with Crippen LogP contribution in [0.1, 0.15) is 0 Å². The van der Waals surface area contributed by atoms with Gasteiger partial charge in [0.1, 0.15) is 17.4 Å². The highest BCUT2D eigenvalue weighted by atomic mass is 16.3. The first-order valence-electron chi connectivity index (χ1n) is 9.95. The Hall–Kier alpha value is -4.76. The normalized spacial score (nSPS) is 10.9.